The van der Waals surface area contributed by atoms with Gasteiger partial charge in [0, 0.05) is 0 Å². The number of carboxylic acids is 1. The molecule has 0 amide bonds. The molecule has 0 aliphatic carbocycles. The van der Waals surface area contributed by atoms with Gasteiger partial charge in [0.25, 0.3) is 0 Å². The van der Waals surface area contributed by atoms with Gasteiger partial charge in [0.1, 0.15) is 5.56 Å². The number of hydrogen-bond acceptors (Lipinski definition) is 2. The van der Waals surface area contributed by atoms with Crippen LogP contribution in [0, 0.1) is 0 Å². The monoisotopic (exact) mass is 180 g/mol. The molecule has 1 heterocycles. The Bertz CT molecular complexity index is 315. The number of rotatable bonds is 4. The van der Waals surface area contributed by atoms with Gasteiger partial charge in [-0.15, -0.1) is 0 Å². The molecular formula is C9H12N2O2. The van der Waals surface area contributed by atoms with Crippen molar-refractivity contribution in [2.45, 2.75) is 19.8 Å². The Balaban J connectivity index is 2.76. The van der Waals surface area contributed by atoms with E-state index in [-0.39, 0.29) is 5.56 Å². The molecule has 0 aliphatic rings. The maximum absolute atomic E-state index is 10.6. The van der Waals surface area contributed by atoms with Gasteiger partial charge in [-0.2, -0.15) is 5.10 Å². The van der Waals surface area contributed by atoms with Gasteiger partial charge in [0.05, 0.1) is 11.9 Å². The van der Waals surface area contributed by atoms with Crippen LogP contribution in [0.1, 0.15) is 35.8 Å². The molecule has 0 radical (unpaired) electrons. The van der Waals surface area contributed by atoms with E-state index in [1.54, 1.807) is 6.08 Å². The van der Waals surface area contributed by atoms with Crippen LogP contribution in [0.3, 0.4) is 0 Å². The minimum atomic E-state index is -0.954. The van der Waals surface area contributed by atoms with Gasteiger partial charge in [0.15, 0.2) is 0 Å². The molecule has 0 aliphatic heterocycles. The molecule has 0 saturated heterocycles. The largest absolute Gasteiger partial charge is 0.478 e. The third kappa shape index (κ3) is 2.43. The fourth-order valence-electron chi connectivity index (χ4n) is 0.961. The lowest BCUT2D eigenvalue weighted by Gasteiger charge is -1.90. The van der Waals surface area contributed by atoms with E-state index in [9.17, 15) is 4.79 Å². The Labute approximate surface area is 76.3 Å². The molecule has 0 saturated carbocycles. The summed E-state index contributed by atoms with van der Waals surface area (Å²) in [5.41, 5.74) is 0.772. The highest BCUT2D eigenvalue weighted by Crippen LogP contribution is 2.07. The Morgan fingerprint density at radius 1 is 1.77 bits per heavy atom. The number of aromatic carboxylic acids is 1. The predicted molar refractivity (Wildman–Crippen MR) is 49.5 cm³/mol. The molecule has 0 spiro atoms. The highest BCUT2D eigenvalue weighted by atomic mass is 16.4. The lowest BCUT2D eigenvalue weighted by molar-refractivity contribution is 0.0697. The van der Waals surface area contributed by atoms with Gasteiger partial charge in [-0.05, 0) is 12.5 Å². The Morgan fingerprint density at radius 3 is 3.15 bits per heavy atom. The van der Waals surface area contributed by atoms with Crippen molar-refractivity contribution in [3.8, 4) is 0 Å². The van der Waals surface area contributed by atoms with Gasteiger partial charge in [-0.1, -0.05) is 19.4 Å². The van der Waals surface area contributed by atoms with Crippen molar-refractivity contribution >= 4 is 12.0 Å². The van der Waals surface area contributed by atoms with E-state index >= 15 is 0 Å². The Hall–Kier alpha value is -1.58. The number of allylic oxidation sites excluding steroid dienone is 1. The van der Waals surface area contributed by atoms with E-state index in [1.165, 1.54) is 6.20 Å². The molecular weight excluding hydrogens is 168 g/mol. The molecule has 4 heteroatoms. The molecule has 1 aromatic heterocycles. The van der Waals surface area contributed by atoms with Gasteiger partial charge < -0.3 is 5.11 Å². The first-order chi connectivity index (χ1) is 6.25. The summed E-state index contributed by atoms with van der Waals surface area (Å²) < 4.78 is 0. The van der Waals surface area contributed by atoms with Crippen molar-refractivity contribution < 1.29 is 9.90 Å². The molecule has 0 bridgehead atoms. The van der Waals surface area contributed by atoms with E-state index in [0.717, 1.165) is 12.8 Å². The zero-order valence-corrected chi connectivity index (χ0v) is 7.45. The fourth-order valence-corrected chi connectivity index (χ4v) is 0.961. The number of unbranched alkanes of at least 4 members (excludes halogenated alkanes) is 1. The first-order valence-corrected chi connectivity index (χ1v) is 4.19. The maximum Gasteiger partial charge on any atom is 0.339 e. The molecule has 2 N–H and O–H groups in total. The standard InChI is InChI=1S/C9H12N2O2/c1-2-3-4-5-8-7(9(12)13)6-10-11-8/h4-6H,2-3H2,1H3,(H,10,11)(H,12,13)/b5-4+. The summed E-state index contributed by atoms with van der Waals surface area (Å²) in [7, 11) is 0. The van der Waals surface area contributed by atoms with Crippen LogP contribution < -0.4 is 0 Å². The van der Waals surface area contributed by atoms with Crippen molar-refractivity contribution in [2.75, 3.05) is 0 Å². The number of hydrogen-bond donors (Lipinski definition) is 2. The third-order valence-corrected chi connectivity index (χ3v) is 1.64. The molecule has 0 aromatic carbocycles. The molecule has 1 rings (SSSR count). The first-order valence-electron chi connectivity index (χ1n) is 4.19. The summed E-state index contributed by atoms with van der Waals surface area (Å²) in [6, 6.07) is 0. The van der Waals surface area contributed by atoms with Crippen LogP contribution in [0.15, 0.2) is 12.3 Å². The lowest BCUT2D eigenvalue weighted by Crippen LogP contribution is -1.95. The van der Waals surface area contributed by atoms with E-state index in [0.29, 0.717) is 5.69 Å². The zero-order valence-electron chi connectivity index (χ0n) is 7.45. The van der Waals surface area contributed by atoms with E-state index in [1.807, 2.05) is 6.08 Å². The zero-order chi connectivity index (χ0) is 9.68. The Kier molecular flexibility index (Phi) is 3.25. The number of nitrogens with one attached hydrogen (secondary N) is 1. The summed E-state index contributed by atoms with van der Waals surface area (Å²) in [5, 5.41) is 15.0. The normalized spacial score (nSPS) is 10.8. The summed E-state index contributed by atoms with van der Waals surface area (Å²) in [4.78, 5) is 10.6. The molecule has 70 valence electrons. The van der Waals surface area contributed by atoms with Crippen molar-refractivity contribution in [1.29, 1.82) is 0 Å². The van der Waals surface area contributed by atoms with Crippen molar-refractivity contribution in [2.24, 2.45) is 0 Å². The first kappa shape index (κ1) is 9.51. The average Bonchev–Trinajstić information content (AvgIpc) is 2.53. The second-order valence-electron chi connectivity index (χ2n) is 2.69. The second kappa shape index (κ2) is 4.45. The molecule has 13 heavy (non-hydrogen) atoms. The quantitative estimate of drug-likeness (QED) is 0.743. The maximum atomic E-state index is 10.6. The van der Waals surface area contributed by atoms with Crippen molar-refractivity contribution in [3.63, 3.8) is 0 Å². The molecule has 1 aromatic rings. The molecule has 0 fully saturated rings. The van der Waals surface area contributed by atoms with E-state index in [4.69, 9.17) is 5.11 Å². The number of nitrogens with zero attached hydrogens (tertiary/aromatic N) is 1. The Morgan fingerprint density at radius 2 is 2.54 bits per heavy atom. The van der Waals surface area contributed by atoms with Crippen molar-refractivity contribution in [1.82, 2.24) is 10.2 Å². The van der Waals surface area contributed by atoms with Crippen LogP contribution in [0.25, 0.3) is 6.08 Å². The van der Waals surface area contributed by atoms with Crippen LogP contribution >= 0.6 is 0 Å². The minimum Gasteiger partial charge on any atom is -0.478 e. The topological polar surface area (TPSA) is 66.0 Å². The number of H-pyrrole nitrogens is 1. The molecule has 0 unspecified atom stereocenters. The number of aromatic amines is 1. The fraction of sp³-hybridized carbons (Fsp3) is 0.333. The van der Waals surface area contributed by atoms with E-state index in [2.05, 4.69) is 17.1 Å². The average molecular weight is 180 g/mol. The molecule has 4 nitrogen and oxygen atoms in total. The smallest absolute Gasteiger partial charge is 0.339 e. The van der Waals surface area contributed by atoms with Gasteiger partial charge >= 0.3 is 5.97 Å². The molecule has 0 atom stereocenters. The summed E-state index contributed by atoms with van der Waals surface area (Å²) in [6.07, 6.45) is 6.99. The highest BCUT2D eigenvalue weighted by Gasteiger charge is 2.08. The van der Waals surface area contributed by atoms with Gasteiger partial charge in [-0.25, -0.2) is 4.79 Å². The summed E-state index contributed by atoms with van der Waals surface area (Å²) in [5.74, 6) is -0.954. The number of aromatic nitrogens is 2. The third-order valence-electron chi connectivity index (χ3n) is 1.64. The van der Waals surface area contributed by atoms with Gasteiger partial charge in [-0.3, -0.25) is 5.10 Å². The number of carboxylic acid groups (broad SMARTS) is 1. The van der Waals surface area contributed by atoms with Crippen molar-refractivity contribution in [3.05, 3.63) is 23.5 Å². The predicted octanol–water partition coefficient (Wildman–Crippen LogP) is 1.92. The van der Waals surface area contributed by atoms with Crippen LogP contribution in [-0.4, -0.2) is 21.3 Å². The van der Waals surface area contributed by atoms with Gasteiger partial charge in [0.2, 0.25) is 0 Å². The summed E-state index contributed by atoms with van der Waals surface area (Å²) in [6.45, 7) is 2.06. The van der Waals surface area contributed by atoms with Crippen LogP contribution in [-0.2, 0) is 0 Å². The minimum absolute atomic E-state index is 0.215. The summed E-state index contributed by atoms with van der Waals surface area (Å²) >= 11 is 0. The van der Waals surface area contributed by atoms with Crippen LogP contribution in [0.5, 0.6) is 0 Å². The SMILES string of the molecule is CCC/C=C/c1[nH]ncc1C(=O)O. The van der Waals surface area contributed by atoms with Crippen LogP contribution in [0.4, 0.5) is 0 Å². The van der Waals surface area contributed by atoms with E-state index < -0.39 is 5.97 Å². The second-order valence-corrected chi connectivity index (χ2v) is 2.69. The number of carbonyl (C=O) groups is 1. The lowest BCUT2D eigenvalue weighted by atomic mass is 10.2. The van der Waals surface area contributed by atoms with Crippen LogP contribution in [0.2, 0.25) is 0 Å². The highest BCUT2D eigenvalue weighted by molar-refractivity contribution is 5.90.